The highest BCUT2D eigenvalue weighted by Gasteiger charge is 2.42. The second kappa shape index (κ2) is 8.98. The maximum absolute atomic E-state index is 13.7. The minimum atomic E-state index is -4.95. The molecule has 0 spiro atoms. The van der Waals surface area contributed by atoms with E-state index in [2.05, 4.69) is 15.3 Å². The number of alkyl halides is 3. The molecule has 2 saturated carbocycles. The van der Waals surface area contributed by atoms with Crippen molar-refractivity contribution in [3.8, 4) is 23.0 Å². The van der Waals surface area contributed by atoms with Crippen LogP contribution in [0.25, 0.3) is 11.3 Å². The van der Waals surface area contributed by atoms with Gasteiger partial charge in [-0.3, -0.25) is 0 Å². The van der Waals surface area contributed by atoms with Gasteiger partial charge in [-0.2, -0.15) is 13.2 Å². The zero-order chi connectivity index (χ0) is 23.8. The SMILES string of the molecule is CC(O)(CNC(=O)Oc1nc(-c2cccc(Cl)c2)c(OCC2CC2)nc1C(F)(F)F)C1CC1. The zero-order valence-electron chi connectivity index (χ0n) is 17.8. The fraction of sp³-hybridized carbons (Fsp3) is 0.500. The number of nitrogens with zero attached hydrogens (tertiary/aromatic N) is 2. The van der Waals surface area contributed by atoms with E-state index in [4.69, 9.17) is 21.1 Å². The Kier molecular flexibility index (Phi) is 6.41. The molecule has 2 aliphatic rings. The van der Waals surface area contributed by atoms with Crippen LogP contribution in [0.4, 0.5) is 18.0 Å². The largest absolute Gasteiger partial charge is 0.476 e. The van der Waals surface area contributed by atoms with Gasteiger partial charge in [0.2, 0.25) is 11.6 Å². The predicted octanol–water partition coefficient (Wildman–Crippen LogP) is 4.85. The van der Waals surface area contributed by atoms with Gasteiger partial charge in [-0.1, -0.05) is 23.7 Å². The molecule has 2 aromatic rings. The van der Waals surface area contributed by atoms with E-state index >= 15 is 0 Å². The predicted molar refractivity (Wildman–Crippen MR) is 113 cm³/mol. The smallest absolute Gasteiger partial charge is 0.438 e. The third kappa shape index (κ3) is 6.05. The van der Waals surface area contributed by atoms with Crippen LogP contribution in [0.5, 0.6) is 11.8 Å². The monoisotopic (exact) mass is 485 g/mol. The van der Waals surface area contributed by atoms with E-state index in [9.17, 15) is 23.1 Å². The summed E-state index contributed by atoms with van der Waals surface area (Å²) in [5, 5.41) is 13.0. The van der Waals surface area contributed by atoms with E-state index in [0.29, 0.717) is 10.6 Å². The van der Waals surface area contributed by atoms with Crippen molar-refractivity contribution in [2.75, 3.05) is 13.2 Å². The van der Waals surface area contributed by atoms with Crippen LogP contribution in [-0.4, -0.2) is 39.9 Å². The molecule has 33 heavy (non-hydrogen) atoms. The standard InChI is InChI=1S/C22H23ClF3N3O4/c1-21(31,14-7-8-14)11-27-20(30)33-19-17(22(24,25)26)29-18(32-10-12-5-6-12)16(28-19)13-3-2-4-15(23)9-13/h2-4,9,12,14,31H,5-8,10-11H2,1H3,(H,27,30). The molecule has 2 fully saturated rings. The molecule has 2 aliphatic carbocycles. The van der Waals surface area contributed by atoms with Gasteiger partial charge in [-0.25, -0.2) is 14.8 Å². The topological polar surface area (TPSA) is 93.6 Å². The Morgan fingerprint density at radius 2 is 1.94 bits per heavy atom. The summed E-state index contributed by atoms with van der Waals surface area (Å²) < 4.78 is 51.7. The van der Waals surface area contributed by atoms with Crippen molar-refractivity contribution in [2.45, 2.75) is 44.4 Å². The Morgan fingerprint density at radius 3 is 2.55 bits per heavy atom. The number of nitrogens with one attached hydrogen (secondary N) is 1. The molecule has 7 nitrogen and oxygen atoms in total. The van der Waals surface area contributed by atoms with Gasteiger partial charge in [0.1, 0.15) is 5.69 Å². The average molecular weight is 486 g/mol. The van der Waals surface area contributed by atoms with E-state index in [1.54, 1.807) is 25.1 Å². The van der Waals surface area contributed by atoms with E-state index in [1.807, 2.05) is 0 Å². The fourth-order valence-corrected chi connectivity index (χ4v) is 3.48. The Balaban J connectivity index is 1.64. The third-order valence-corrected chi connectivity index (χ3v) is 5.82. The summed E-state index contributed by atoms with van der Waals surface area (Å²) in [6.07, 6.45) is -2.64. The second-order valence-corrected chi connectivity index (χ2v) is 9.10. The van der Waals surface area contributed by atoms with E-state index in [1.165, 1.54) is 6.07 Å². The summed E-state index contributed by atoms with van der Waals surface area (Å²) in [6.45, 7) is 1.58. The van der Waals surface area contributed by atoms with Gasteiger partial charge in [0, 0.05) is 17.1 Å². The molecule has 0 bridgehead atoms. The molecular formula is C22H23ClF3N3O4. The van der Waals surface area contributed by atoms with Gasteiger partial charge >= 0.3 is 12.3 Å². The molecule has 0 radical (unpaired) electrons. The summed E-state index contributed by atoms with van der Waals surface area (Å²) in [5.41, 5.74) is -2.33. The van der Waals surface area contributed by atoms with Gasteiger partial charge in [0.15, 0.2) is 0 Å². The van der Waals surface area contributed by atoms with Gasteiger partial charge in [-0.15, -0.1) is 0 Å². The number of halogens is 4. The molecule has 2 N–H and O–H groups in total. The van der Waals surface area contributed by atoms with E-state index < -0.39 is 29.4 Å². The summed E-state index contributed by atoms with van der Waals surface area (Å²) >= 11 is 6.04. The Bertz CT molecular complexity index is 1040. The van der Waals surface area contributed by atoms with Crippen LogP contribution in [0.15, 0.2) is 24.3 Å². The first-order valence-corrected chi connectivity index (χ1v) is 11.0. The number of aliphatic hydroxyl groups is 1. The lowest BCUT2D eigenvalue weighted by Crippen LogP contribution is -2.43. The van der Waals surface area contributed by atoms with Crippen molar-refractivity contribution < 1.29 is 32.5 Å². The van der Waals surface area contributed by atoms with Crippen LogP contribution in [0.1, 0.15) is 38.3 Å². The zero-order valence-corrected chi connectivity index (χ0v) is 18.5. The normalized spacial score (nSPS) is 17.9. The highest BCUT2D eigenvalue weighted by atomic mass is 35.5. The Labute approximate surface area is 193 Å². The first kappa shape index (κ1) is 23.6. The van der Waals surface area contributed by atoms with Crippen LogP contribution >= 0.6 is 11.6 Å². The lowest BCUT2D eigenvalue weighted by Gasteiger charge is -2.23. The van der Waals surface area contributed by atoms with Crippen LogP contribution in [-0.2, 0) is 6.18 Å². The maximum atomic E-state index is 13.7. The number of hydrogen-bond acceptors (Lipinski definition) is 6. The number of rotatable bonds is 8. The molecule has 0 saturated heterocycles. The first-order valence-electron chi connectivity index (χ1n) is 10.6. The average Bonchev–Trinajstić information content (AvgIpc) is 3.63. The van der Waals surface area contributed by atoms with E-state index in [0.717, 1.165) is 25.7 Å². The number of carbonyl (C=O) groups excluding carboxylic acids is 1. The molecule has 1 atom stereocenters. The molecular weight excluding hydrogens is 463 g/mol. The quantitative estimate of drug-likeness (QED) is 0.555. The van der Waals surface area contributed by atoms with Crippen molar-refractivity contribution in [3.63, 3.8) is 0 Å². The van der Waals surface area contributed by atoms with Gasteiger partial charge < -0.3 is 19.9 Å². The highest BCUT2D eigenvalue weighted by Crippen LogP contribution is 2.41. The van der Waals surface area contributed by atoms with Crippen LogP contribution in [0, 0.1) is 11.8 Å². The summed E-state index contributed by atoms with van der Waals surface area (Å²) in [5.74, 6) is -1.05. The Morgan fingerprint density at radius 1 is 1.21 bits per heavy atom. The molecule has 178 valence electrons. The Hall–Kier alpha value is -2.59. The maximum Gasteiger partial charge on any atom is 0.438 e. The summed E-state index contributed by atoms with van der Waals surface area (Å²) in [6, 6.07) is 6.29. The molecule has 1 aromatic heterocycles. The van der Waals surface area contributed by atoms with Gasteiger partial charge in [0.05, 0.1) is 12.2 Å². The number of ether oxygens (including phenoxy) is 2. The fourth-order valence-electron chi connectivity index (χ4n) is 3.29. The van der Waals surface area contributed by atoms with E-state index in [-0.39, 0.29) is 36.6 Å². The third-order valence-electron chi connectivity index (χ3n) is 5.59. The summed E-state index contributed by atoms with van der Waals surface area (Å²) in [4.78, 5) is 19.9. The summed E-state index contributed by atoms with van der Waals surface area (Å²) in [7, 11) is 0. The minimum Gasteiger partial charge on any atom is -0.476 e. The molecule has 11 heteroatoms. The lowest BCUT2D eigenvalue weighted by molar-refractivity contribution is -0.142. The molecule has 0 aliphatic heterocycles. The molecule has 1 heterocycles. The van der Waals surface area contributed by atoms with Crippen molar-refractivity contribution in [2.24, 2.45) is 11.8 Å². The van der Waals surface area contributed by atoms with Gasteiger partial charge in [-0.05, 0) is 56.6 Å². The van der Waals surface area contributed by atoms with Crippen molar-refractivity contribution >= 4 is 17.7 Å². The van der Waals surface area contributed by atoms with Gasteiger partial charge in [0.25, 0.3) is 5.88 Å². The highest BCUT2D eigenvalue weighted by molar-refractivity contribution is 6.30. The lowest BCUT2D eigenvalue weighted by atomic mass is 10.0. The molecule has 1 unspecified atom stereocenters. The van der Waals surface area contributed by atoms with Crippen molar-refractivity contribution in [1.82, 2.24) is 15.3 Å². The second-order valence-electron chi connectivity index (χ2n) is 8.67. The van der Waals surface area contributed by atoms with Crippen molar-refractivity contribution in [1.29, 1.82) is 0 Å². The number of hydrogen-bond donors (Lipinski definition) is 2. The minimum absolute atomic E-state index is 0.0284. The number of benzene rings is 1. The van der Waals surface area contributed by atoms with Crippen LogP contribution < -0.4 is 14.8 Å². The molecule has 4 rings (SSSR count). The number of aromatic nitrogens is 2. The van der Waals surface area contributed by atoms with Crippen LogP contribution in [0.3, 0.4) is 0 Å². The molecule has 1 aromatic carbocycles. The first-order chi connectivity index (χ1) is 15.5. The van der Waals surface area contributed by atoms with Crippen molar-refractivity contribution in [3.05, 3.63) is 35.0 Å². The molecule has 1 amide bonds. The number of amides is 1. The van der Waals surface area contributed by atoms with Crippen LogP contribution in [0.2, 0.25) is 5.02 Å². The number of carbonyl (C=O) groups is 1.